The van der Waals surface area contributed by atoms with Crippen LogP contribution in [0.1, 0.15) is 32.1 Å². The van der Waals surface area contributed by atoms with Crippen LogP contribution in [-0.2, 0) is 9.53 Å². The predicted octanol–water partition coefficient (Wildman–Crippen LogP) is 2.31. The number of amides is 1. The van der Waals surface area contributed by atoms with Crippen molar-refractivity contribution in [2.75, 3.05) is 25.6 Å². The van der Waals surface area contributed by atoms with Gasteiger partial charge in [0.1, 0.15) is 12.4 Å². The Labute approximate surface area is 125 Å². The average molecular weight is 292 g/mol. The summed E-state index contributed by atoms with van der Waals surface area (Å²) in [7, 11) is 1.63. The van der Waals surface area contributed by atoms with Gasteiger partial charge in [-0.1, -0.05) is 19.3 Å². The van der Waals surface area contributed by atoms with E-state index in [-0.39, 0.29) is 5.91 Å². The molecule has 1 aliphatic carbocycles. The lowest BCUT2D eigenvalue weighted by atomic mass is 9.82. The van der Waals surface area contributed by atoms with Crippen molar-refractivity contribution in [2.45, 2.75) is 37.6 Å². The SMILES string of the molecule is COCCOc1ccc(NC(=O)C2(N)CCCCC2)cc1. The highest BCUT2D eigenvalue weighted by molar-refractivity contribution is 5.98. The number of hydrogen-bond donors (Lipinski definition) is 2. The Hall–Kier alpha value is -1.59. The van der Waals surface area contributed by atoms with Crippen LogP contribution in [0.3, 0.4) is 0 Å². The van der Waals surface area contributed by atoms with E-state index in [1.54, 1.807) is 7.11 Å². The van der Waals surface area contributed by atoms with E-state index in [1.807, 2.05) is 24.3 Å². The van der Waals surface area contributed by atoms with Gasteiger partial charge in [-0.3, -0.25) is 4.79 Å². The summed E-state index contributed by atoms with van der Waals surface area (Å²) in [6, 6.07) is 7.31. The van der Waals surface area contributed by atoms with E-state index in [0.717, 1.165) is 37.1 Å². The van der Waals surface area contributed by atoms with Gasteiger partial charge in [0.05, 0.1) is 12.1 Å². The third kappa shape index (κ3) is 4.44. The molecule has 5 heteroatoms. The normalized spacial score (nSPS) is 17.2. The Kier molecular flexibility index (Phi) is 5.59. The van der Waals surface area contributed by atoms with E-state index in [0.29, 0.717) is 13.2 Å². The molecule has 116 valence electrons. The van der Waals surface area contributed by atoms with E-state index in [1.165, 1.54) is 6.42 Å². The first-order valence-electron chi connectivity index (χ1n) is 7.46. The molecular weight excluding hydrogens is 268 g/mol. The lowest BCUT2D eigenvalue weighted by molar-refractivity contribution is -0.122. The maximum absolute atomic E-state index is 12.3. The second kappa shape index (κ2) is 7.43. The molecule has 1 saturated carbocycles. The molecule has 21 heavy (non-hydrogen) atoms. The van der Waals surface area contributed by atoms with Crippen molar-refractivity contribution in [3.05, 3.63) is 24.3 Å². The molecule has 5 nitrogen and oxygen atoms in total. The molecule has 0 aliphatic heterocycles. The van der Waals surface area contributed by atoms with Crippen molar-refractivity contribution >= 4 is 11.6 Å². The number of rotatable bonds is 6. The molecule has 1 aliphatic rings. The molecule has 1 amide bonds. The number of nitrogens with one attached hydrogen (secondary N) is 1. The minimum atomic E-state index is -0.716. The maximum Gasteiger partial charge on any atom is 0.244 e. The van der Waals surface area contributed by atoms with Crippen LogP contribution in [0.15, 0.2) is 24.3 Å². The highest BCUT2D eigenvalue weighted by atomic mass is 16.5. The standard InChI is InChI=1S/C16H24N2O3/c1-20-11-12-21-14-7-5-13(6-8-14)18-15(19)16(17)9-3-2-4-10-16/h5-8H,2-4,9-12,17H2,1H3,(H,18,19). The van der Waals surface area contributed by atoms with Crippen molar-refractivity contribution in [1.82, 2.24) is 0 Å². The Morgan fingerprint density at radius 2 is 1.86 bits per heavy atom. The fourth-order valence-electron chi connectivity index (χ4n) is 2.54. The first-order valence-corrected chi connectivity index (χ1v) is 7.46. The second-order valence-electron chi connectivity index (χ2n) is 5.54. The lowest BCUT2D eigenvalue weighted by Crippen LogP contribution is -2.52. The van der Waals surface area contributed by atoms with Crippen molar-refractivity contribution in [2.24, 2.45) is 5.73 Å². The lowest BCUT2D eigenvalue weighted by Gasteiger charge is -2.31. The molecule has 1 aromatic rings. The summed E-state index contributed by atoms with van der Waals surface area (Å²) < 4.78 is 10.4. The molecule has 0 radical (unpaired) electrons. The molecule has 2 rings (SSSR count). The van der Waals surface area contributed by atoms with Gasteiger partial charge in [-0.2, -0.15) is 0 Å². The van der Waals surface area contributed by atoms with Crippen molar-refractivity contribution in [3.8, 4) is 5.75 Å². The monoisotopic (exact) mass is 292 g/mol. The minimum Gasteiger partial charge on any atom is -0.491 e. The molecule has 0 bridgehead atoms. The Bertz CT molecular complexity index is 453. The number of methoxy groups -OCH3 is 1. The van der Waals surface area contributed by atoms with Gasteiger partial charge in [-0.25, -0.2) is 0 Å². The van der Waals surface area contributed by atoms with E-state index >= 15 is 0 Å². The molecule has 0 saturated heterocycles. The highest BCUT2D eigenvalue weighted by Gasteiger charge is 2.35. The zero-order valence-electron chi connectivity index (χ0n) is 12.6. The Morgan fingerprint density at radius 3 is 2.48 bits per heavy atom. The predicted molar refractivity (Wildman–Crippen MR) is 82.4 cm³/mol. The summed E-state index contributed by atoms with van der Waals surface area (Å²) in [4.78, 5) is 12.3. The van der Waals surface area contributed by atoms with Crippen LogP contribution in [0.25, 0.3) is 0 Å². The van der Waals surface area contributed by atoms with E-state index in [4.69, 9.17) is 15.2 Å². The Morgan fingerprint density at radius 1 is 1.19 bits per heavy atom. The van der Waals surface area contributed by atoms with Gasteiger partial charge in [-0.15, -0.1) is 0 Å². The molecule has 1 fully saturated rings. The zero-order valence-corrected chi connectivity index (χ0v) is 12.6. The largest absolute Gasteiger partial charge is 0.491 e. The van der Waals surface area contributed by atoms with Gasteiger partial charge in [0.25, 0.3) is 0 Å². The summed E-state index contributed by atoms with van der Waals surface area (Å²) in [5.74, 6) is 0.667. The van der Waals surface area contributed by atoms with Crippen LogP contribution in [0.4, 0.5) is 5.69 Å². The molecule has 0 heterocycles. The van der Waals surface area contributed by atoms with Crippen LogP contribution >= 0.6 is 0 Å². The molecule has 0 atom stereocenters. The molecule has 1 aromatic carbocycles. The maximum atomic E-state index is 12.3. The van der Waals surface area contributed by atoms with Crippen molar-refractivity contribution in [3.63, 3.8) is 0 Å². The second-order valence-corrected chi connectivity index (χ2v) is 5.54. The van der Waals surface area contributed by atoms with Gasteiger partial charge < -0.3 is 20.5 Å². The average Bonchev–Trinajstić information content (AvgIpc) is 2.50. The van der Waals surface area contributed by atoms with Crippen LogP contribution < -0.4 is 15.8 Å². The molecule has 0 unspecified atom stereocenters. The van der Waals surface area contributed by atoms with Gasteiger partial charge >= 0.3 is 0 Å². The quantitative estimate of drug-likeness (QED) is 0.789. The van der Waals surface area contributed by atoms with Crippen molar-refractivity contribution < 1.29 is 14.3 Å². The first kappa shape index (κ1) is 15.8. The zero-order chi connectivity index (χ0) is 15.1. The number of hydrogen-bond acceptors (Lipinski definition) is 4. The number of anilines is 1. The van der Waals surface area contributed by atoms with Gasteiger partial charge in [0.15, 0.2) is 0 Å². The molecular formula is C16H24N2O3. The third-order valence-corrected chi connectivity index (χ3v) is 3.87. The summed E-state index contributed by atoms with van der Waals surface area (Å²) >= 11 is 0. The summed E-state index contributed by atoms with van der Waals surface area (Å²) in [6.07, 6.45) is 4.74. The van der Waals surface area contributed by atoms with Crippen molar-refractivity contribution in [1.29, 1.82) is 0 Å². The van der Waals surface area contributed by atoms with Crippen LogP contribution in [0, 0.1) is 0 Å². The molecule has 0 aromatic heterocycles. The number of carbonyl (C=O) groups excluding carboxylic acids is 1. The number of benzene rings is 1. The topological polar surface area (TPSA) is 73.6 Å². The van der Waals surface area contributed by atoms with Gasteiger partial charge in [0.2, 0.25) is 5.91 Å². The smallest absolute Gasteiger partial charge is 0.244 e. The highest BCUT2D eigenvalue weighted by Crippen LogP contribution is 2.27. The van der Waals surface area contributed by atoms with Gasteiger partial charge in [-0.05, 0) is 37.1 Å². The number of ether oxygens (including phenoxy) is 2. The van der Waals surface area contributed by atoms with E-state index in [2.05, 4.69) is 5.32 Å². The summed E-state index contributed by atoms with van der Waals surface area (Å²) in [5.41, 5.74) is 6.24. The fourth-order valence-corrected chi connectivity index (χ4v) is 2.54. The summed E-state index contributed by atoms with van der Waals surface area (Å²) in [5, 5.41) is 2.90. The molecule has 0 spiro atoms. The Balaban J connectivity index is 1.89. The minimum absolute atomic E-state index is 0.0877. The number of carbonyl (C=O) groups is 1. The van der Waals surface area contributed by atoms with E-state index < -0.39 is 5.54 Å². The number of nitrogens with two attached hydrogens (primary N) is 1. The first-order chi connectivity index (χ1) is 10.1. The van der Waals surface area contributed by atoms with E-state index in [9.17, 15) is 4.79 Å². The molecule has 3 N–H and O–H groups in total. The summed E-state index contributed by atoms with van der Waals surface area (Å²) in [6.45, 7) is 1.06. The van der Waals surface area contributed by atoms with Crippen LogP contribution in [0.2, 0.25) is 0 Å². The van der Waals surface area contributed by atoms with Gasteiger partial charge in [0, 0.05) is 12.8 Å². The third-order valence-electron chi connectivity index (χ3n) is 3.87. The van der Waals surface area contributed by atoms with Crippen LogP contribution in [0.5, 0.6) is 5.75 Å². The van der Waals surface area contributed by atoms with Crippen LogP contribution in [-0.4, -0.2) is 31.8 Å². The fraction of sp³-hybridized carbons (Fsp3) is 0.562.